The predicted molar refractivity (Wildman–Crippen MR) is 92.9 cm³/mol. The zero-order valence-corrected chi connectivity index (χ0v) is 14.3. The molecule has 2 aromatic heterocycles. The highest BCUT2D eigenvalue weighted by Crippen LogP contribution is 2.32. The number of hydrogen-bond donors (Lipinski definition) is 1. The van der Waals surface area contributed by atoms with Crippen LogP contribution in [-0.4, -0.2) is 20.2 Å². The molecule has 0 unspecified atom stereocenters. The standard InChI is InChI=1S/C17H18N4O2S/c1-3-7-13-10-14(22)19-17(18-13)24-11(2)15-20-21-16(23-15)12-8-5-4-6-9-12/h4-6,8-11H,3,7H2,1-2H3,(H,18,19,22)/t11-/m1/s1. The Morgan fingerprint density at radius 1 is 1.25 bits per heavy atom. The first-order chi connectivity index (χ1) is 11.7. The smallest absolute Gasteiger partial charge is 0.251 e. The Kier molecular flexibility index (Phi) is 5.10. The summed E-state index contributed by atoms with van der Waals surface area (Å²) >= 11 is 1.40. The van der Waals surface area contributed by atoms with Gasteiger partial charge in [0.1, 0.15) is 0 Å². The molecule has 1 atom stereocenters. The maximum absolute atomic E-state index is 11.7. The summed E-state index contributed by atoms with van der Waals surface area (Å²) in [6, 6.07) is 11.2. The van der Waals surface area contributed by atoms with Crippen molar-refractivity contribution < 1.29 is 4.42 Å². The molecule has 6 nitrogen and oxygen atoms in total. The highest BCUT2D eigenvalue weighted by molar-refractivity contribution is 7.99. The number of thioether (sulfide) groups is 1. The average molecular weight is 342 g/mol. The lowest BCUT2D eigenvalue weighted by molar-refractivity contribution is 0.509. The molecule has 3 aromatic rings. The zero-order chi connectivity index (χ0) is 16.9. The van der Waals surface area contributed by atoms with Gasteiger partial charge in [-0.15, -0.1) is 10.2 Å². The highest BCUT2D eigenvalue weighted by atomic mass is 32.2. The SMILES string of the molecule is CCCc1cc(=O)[nH]c(S[C@H](C)c2nnc(-c3ccccc3)o2)n1. The van der Waals surface area contributed by atoms with Gasteiger partial charge in [-0.3, -0.25) is 4.79 Å². The van der Waals surface area contributed by atoms with Gasteiger partial charge in [0.25, 0.3) is 5.56 Å². The number of benzene rings is 1. The number of rotatable bonds is 6. The summed E-state index contributed by atoms with van der Waals surface area (Å²) in [6.07, 6.45) is 1.73. The molecule has 24 heavy (non-hydrogen) atoms. The van der Waals surface area contributed by atoms with E-state index in [2.05, 4.69) is 27.1 Å². The zero-order valence-electron chi connectivity index (χ0n) is 13.5. The van der Waals surface area contributed by atoms with E-state index in [9.17, 15) is 4.79 Å². The van der Waals surface area contributed by atoms with E-state index in [1.165, 1.54) is 11.8 Å². The van der Waals surface area contributed by atoms with Crippen molar-refractivity contribution in [1.29, 1.82) is 0 Å². The largest absolute Gasteiger partial charge is 0.419 e. The molecule has 124 valence electrons. The molecule has 0 spiro atoms. The molecule has 0 aliphatic carbocycles. The van der Waals surface area contributed by atoms with Gasteiger partial charge in [0.2, 0.25) is 11.8 Å². The third-order valence-electron chi connectivity index (χ3n) is 3.38. The van der Waals surface area contributed by atoms with Crippen LogP contribution in [0.1, 0.15) is 37.1 Å². The maximum Gasteiger partial charge on any atom is 0.251 e. The molecule has 0 aliphatic heterocycles. The summed E-state index contributed by atoms with van der Waals surface area (Å²) in [5.41, 5.74) is 1.54. The van der Waals surface area contributed by atoms with Gasteiger partial charge in [0, 0.05) is 17.3 Å². The number of H-pyrrole nitrogens is 1. The number of aromatic nitrogens is 4. The Bertz CT molecular complexity index is 860. The fourth-order valence-corrected chi connectivity index (χ4v) is 3.10. The topological polar surface area (TPSA) is 84.7 Å². The average Bonchev–Trinajstić information content (AvgIpc) is 3.05. The molecule has 7 heteroatoms. The molecule has 0 saturated carbocycles. The number of aromatic amines is 1. The summed E-state index contributed by atoms with van der Waals surface area (Å²) in [5.74, 6) is 0.988. The Balaban J connectivity index is 1.77. The Labute approximate surface area is 143 Å². The van der Waals surface area contributed by atoms with Gasteiger partial charge >= 0.3 is 0 Å². The number of aryl methyl sites for hydroxylation is 1. The lowest BCUT2D eigenvalue weighted by Crippen LogP contribution is -2.10. The van der Waals surface area contributed by atoms with Gasteiger partial charge < -0.3 is 9.40 Å². The molecule has 0 saturated heterocycles. The van der Waals surface area contributed by atoms with E-state index in [1.807, 2.05) is 37.3 Å². The van der Waals surface area contributed by atoms with Gasteiger partial charge in [0.05, 0.1) is 5.25 Å². The van der Waals surface area contributed by atoms with Crippen molar-refractivity contribution in [3.63, 3.8) is 0 Å². The van der Waals surface area contributed by atoms with E-state index in [4.69, 9.17) is 4.42 Å². The molecular formula is C17H18N4O2S. The Morgan fingerprint density at radius 2 is 2.04 bits per heavy atom. The van der Waals surface area contributed by atoms with Crippen LogP contribution in [0.5, 0.6) is 0 Å². The third-order valence-corrected chi connectivity index (χ3v) is 4.35. The van der Waals surface area contributed by atoms with Crippen LogP contribution < -0.4 is 5.56 Å². The van der Waals surface area contributed by atoms with Crippen LogP contribution in [0.4, 0.5) is 0 Å². The van der Waals surface area contributed by atoms with Crippen molar-refractivity contribution in [2.24, 2.45) is 0 Å². The summed E-state index contributed by atoms with van der Waals surface area (Å²) in [4.78, 5) is 19.0. The van der Waals surface area contributed by atoms with Crippen LogP contribution in [0.2, 0.25) is 0 Å². The molecule has 0 aliphatic rings. The fourth-order valence-electron chi connectivity index (χ4n) is 2.24. The van der Waals surface area contributed by atoms with Crippen LogP contribution in [0.25, 0.3) is 11.5 Å². The highest BCUT2D eigenvalue weighted by Gasteiger charge is 2.17. The van der Waals surface area contributed by atoms with Gasteiger partial charge in [-0.05, 0) is 25.5 Å². The van der Waals surface area contributed by atoms with Crippen molar-refractivity contribution >= 4 is 11.8 Å². The van der Waals surface area contributed by atoms with Crippen LogP contribution in [0, 0.1) is 0 Å². The van der Waals surface area contributed by atoms with Gasteiger partial charge in [-0.25, -0.2) is 4.98 Å². The summed E-state index contributed by atoms with van der Waals surface area (Å²) in [5, 5.41) is 8.66. The van der Waals surface area contributed by atoms with Gasteiger partial charge in [-0.1, -0.05) is 43.3 Å². The minimum Gasteiger partial charge on any atom is -0.419 e. The monoisotopic (exact) mass is 342 g/mol. The van der Waals surface area contributed by atoms with Gasteiger partial charge in [0.15, 0.2) is 5.16 Å². The normalized spacial score (nSPS) is 12.2. The van der Waals surface area contributed by atoms with E-state index in [0.29, 0.717) is 16.9 Å². The molecule has 1 N–H and O–H groups in total. The van der Waals surface area contributed by atoms with Gasteiger partial charge in [-0.2, -0.15) is 0 Å². The molecule has 0 fully saturated rings. The minimum atomic E-state index is -0.140. The van der Waals surface area contributed by atoms with Crippen molar-refractivity contribution in [1.82, 2.24) is 20.2 Å². The number of nitrogens with one attached hydrogen (secondary N) is 1. The number of hydrogen-bond acceptors (Lipinski definition) is 6. The van der Waals surface area contributed by atoms with Crippen molar-refractivity contribution in [3.05, 3.63) is 58.3 Å². The second-order valence-electron chi connectivity index (χ2n) is 5.36. The summed E-state index contributed by atoms with van der Waals surface area (Å²) < 4.78 is 5.75. The predicted octanol–water partition coefficient (Wildman–Crippen LogP) is 3.63. The first-order valence-electron chi connectivity index (χ1n) is 7.81. The second kappa shape index (κ2) is 7.44. The minimum absolute atomic E-state index is 0.116. The molecular weight excluding hydrogens is 324 g/mol. The van der Waals surface area contributed by atoms with E-state index in [-0.39, 0.29) is 10.8 Å². The van der Waals surface area contributed by atoms with E-state index < -0.39 is 0 Å². The fraction of sp³-hybridized carbons (Fsp3) is 0.294. The first kappa shape index (κ1) is 16.4. The molecule has 3 rings (SSSR count). The van der Waals surface area contributed by atoms with Crippen molar-refractivity contribution in [2.45, 2.75) is 37.1 Å². The lowest BCUT2D eigenvalue weighted by Gasteiger charge is -2.07. The molecule has 1 aromatic carbocycles. The van der Waals surface area contributed by atoms with Crippen LogP contribution in [-0.2, 0) is 6.42 Å². The summed E-state index contributed by atoms with van der Waals surface area (Å²) in [6.45, 7) is 4.00. The Hall–Kier alpha value is -2.41. The quantitative estimate of drug-likeness (QED) is 0.544. The van der Waals surface area contributed by atoms with Crippen LogP contribution in [0.3, 0.4) is 0 Å². The molecule has 2 heterocycles. The molecule has 0 radical (unpaired) electrons. The molecule has 0 bridgehead atoms. The summed E-state index contributed by atoms with van der Waals surface area (Å²) in [7, 11) is 0. The van der Waals surface area contributed by atoms with Crippen LogP contribution in [0.15, 0.2) is 50.8 Å². The van der Waals surface area contributed by atoms with Crippen molar-refractivity contribution in [2.75, 3.05) is 0 Å². The number of nitrogens with zero attached hydrogens (tertiary/aromatic N) is 3. The van der Waals surface area contributed by atoms with E-state index in [1.54, 1.807) is 6.07 Å². The first-order valence-corrected chi connectivity index (χ1v) is 8.69. The van der Waals surface area contributed by atoms with E-state index >= 15 is 0 Å². The van der Waals surface area contributed by atoms with Crippen LogP contribution >= 0.6 is 11.8 Å². The maximum atomic E-state index is 11.7. The van der Waals surface area contributed by atoms with Crippen molar-refractivity contribution in [3.8, 4) is 11.5 Å². The lowest BCUT2D eigenvalue weighted by atomic mass is 10.2. The Morgan fingerprint density at radius 3 is 2.79 bits per heavy atom. The molecule has 0 amide bonds. The van der Waals surface area contributed by atoms with E-state index in [0.717, 1.165) is 24.1 Å². The third kappa shape index (κ3) is 3.91. The second-order valence-corrected chi connectivity index (χ2v) is 6.69.